The highest BCUT2D eigenvalue weighted by atomic mass is 16.4. The molecule has 1 rings (SSSR count). The Hall–Kier alpha value is -3.47. The predicted molar refractivity (Wildman–Crippen MR) is 101 cm³/mol. The number of carbonyl (C=O) groups excluding carboxylic acids is 3. The predicted octanol–water partition coefficient (Wildman–Crippen LogP) is -1.78. The van der Waals surface area contributed by atoms with Crippen molar-refractivity contribution in [3.05, 3.63) is 35.9 Å². The number of aliphatic carboxylic acids is 2. The van der Waals surface area contributed by atoms with E-state index in [-0.39, 0.29) is 6.42 Å². The van der Waals surface area contributed by atoms with Gasteiger partial charge in [-0.25, -0.2) is 0 Å². The molecule has 7 N–H and O–H groups in total. The topological polar surface area (TPSA) is 188 Å². The van der Waals surface area contributed by atoms with Gasteiger partial charge < -0.3 is 31.9 Å². The van der Waals surface area contributed by atoms with Gasteiger partial charge >= 0.3 is 11.9 Å². The van der Waals surface area contributed by atoms with Gasteiger partial charge in [-0.2, -0.15) is 0 Å². The smallest absolute Gasteiger partial charge is 0.325 e. The van der Waals surface area contributed by atoms with E-state index in [2.05, 4.69) is 16.0 Å². The lowest BCUT2D eigenvalue weighted by Crippen LogP contribution is -2.56. The second-order valence-electron chi connectivity index (χ2n) is 6.24. The molecule has 0 fully saturated rings. The Morgan fingerprint density at radius 3 is 2.03 bits per heavy atom. The van der Waals surface area contributed by atoms with E-state index in [0.29, 0.717) is 5.56 Å². The molecule has 0 aromatic heterocycles. The zero-order valence-electron chi connectivity index (χ0n) is 15.8. The maximum absolute atomic E-state index is 12.5. The first-order chi connectivity index (χ1) is 13.6. The van der Waals surface area contributed by atoms with Gasteiger partial charge in [-0.3, -0.25) is 24.0 Å². The van der Waals surface area contributed by atoms with E-state index in [0.717, 1.165) is 0 Å². The van der Waals surface area contributed by atoms with Crippen molar-refractivity contribution in [1.29, 1.82) is 0 Å². The number of amides is 3. The van der Waals surface area contributed by atoms with Gasteiger partial charge in [0.25, 0.3) is 0 Å². The Labute approximate surface area is 166 Å². The zero-order chi connectivity index (χ0) is 22.0. The molecule has 3 amide bonds. The van der Waals surface area contributed by atoms with Crippen LogP contribution in [0.1, 0.15) is 18.9 Å². The van der Waals surface area contributed by atoms with Gasteiger partial charge in [-0.05, 0) is 12.5 Å². The number of carbonyl (C=O) groups is 5. The summed E-state index contributed by atoms with van der Waals surface area (Å²) in [5, 5.41) is 24.8. The number of hydrogen-bond donors (Lipinski definition) is 6. The standard InChI is InChI=1S/C18H24N4O7/c1-10(18(28)29)20-16(26)12(7-11-5-3-2-4-6-11)22-17(27)13(8-15(24)25)21-14(23)9-19/h2-6,10,12-13H,7-9,19H2,1H3,(H,20,26)(H,21,23)(H,22,27)(H,24,25)(H,28,29). The monoisotopic (exact) mass is 408 g/mol. The van der Waals surface area contributed by atoms with Crippen molar-refractivity contribution in [2.45, 2.75) is 37.9 Å². The number of benzene rings is 1. The maximum Gasteiger partial charge on any atom is 0.325 e. The first-order valence-corrected chi connectivity index (χ1v) is 8.72. The van der Waals surface area contributed by atoms with E-state index in [4.69, 9.17) is 15.9 Å². The molecular weight excluding hydrogens is 384 g/mol. The van der Waals surface area contributed by atoms with Gasteiger partial charge in [-0.1, -0.05) is 30.3 Å². The first-order valence-electron chi connectivity index (χ1n) is 8.72. The Kier molecular flexibility index (Phi) is 9.26. The molecule has 29 heavy (non-hydrogen) atoms. The summed E-state index contributed by atoms with van der Waals surface area (Å²) in [6.07, 6.45) is -0.696. The lowest BCUT2D eigenvalue weighted by Gasteiger charge is -2.23. The number of rotatable bonds is 11. The Bertz CT molecular complexity index is 754. The van der Waals surface area contributed by atoms with E-state index in [1.54, 1.807) is 30.3 Å². The molecule has 0 aliphatic heterocycles. The summed E-state index contributed by atoms with van der Waals surface area (Å²) in [5.41, 5.74) is 5.85. The largest absolute Gasteiger partial charge is 0.481 e. The number of nitrogens with two attached hydrogens (primary N) is 1. The summed E-state index contributed by atoms with van der Waals surface area (Å²) in [6, 6.07) is 4.76. The molecular formula is C18H24N4O7. The summed E-state index contributed by atoms with van der Waals surface area (Å²) >= 11 is 0. The van der Waals surface area contributed by atoms with Crippen LogP contribution in [-0.4, -0.2) is 64.5 Å². The van der Waals surface area contributed by atoms with Crippen LogP contribution in [0.25, 0.3) is 0 Å². The van der Waals surface area contributed by atoms with Crippen LogP contribution < -0.4 is 21.7 Å². The van der Waals surface area contributed by atoms with Crippen molar-refractivity contribution in [2.75, 3.05) is 6.54 Å². The highest BCUT2D eigenvalue weighted by molar-refractivity contribution is 5.95. The zero-order valence-corrected chi connectivity index (χ0v) is 15.8. The average Bonchev–Trinajstić information content (AvgIpc) is 2.66. The fourth-order valence-electron chi connectivity index (χ4n) is 2.34. The van der Waals surface area contributed by atoms with Crippen LogP contribution >= 0.6 is 0 Å². The Balaban J connectivity index is 3.01. The second kappa shape index (κ2) is 11.4. The van der Waals surface area contributed by atoms with Gasteiger partial charge in [-0.15, -0.1) is 0 Å². The Morgan fingerprint density at radius 2 is 1.52 bits per heavy atom. The fourth-order valence-corrected chi connectivity index (χ4v) is 2.34. The van der Waals surface area contributed by atoms with E-state index in [9.17, 15) is 24.0 Å². The minimum absolute atomic E-state index is 0.0232. The molecule has 0 radical (unpaired) electrons. The van der Waals surface area contributed by atoms with Gasteiger partial charge in [0.2, 0.25) is 17.7 Å². The summed E-state index contributed by atoms with van der Waals surface area (Å²) in [4.78, 5) is 58.5. The van der Waals surface area contributed by atoms with Crippen molar-refractivity contribution in [2.24, 2.45) is 5.73 Å². The minimum Gasteiger partial charge on any atom is -0.481 e. The molecule has 0 spiro atoms. The summed E-state index contributed by atoms with van der Waals surface area (Å²) < 4.78 is 0. The normalized spacial score (nSPS) is 13.4. The van der Waals surface area contributed by atoms with Gasteiger partial charge in [0.15, 0.2) is 0 Å². The Morgan fingerprint density at radius 1 is 0.931 bits per heavy atom. The fraction of sp³-hybridized carbons (Fsp3) is 0.389. The second-order valence-corrected chi connectivity index (χ2v) is 6.24. The SMILES string of the molecule is CC(NC(=O)C(Cc1ccccc1)NC(=O)C(CC(=O)O)NC(=O)CN)C(=O)O. The maximum atomic E-state index is 12.5. The van der Waals surface area contributed by atoms with Gasteiger partial charge in [0.05, 0.1) is 13.0 Å². The third-order valence-corrected chi connectivity index (χ3v) is 3.86. The number of hydrogen-bond acceptors (Lipinski definition) is 6. The van der Waals surface area contributed by atoms with Crippen molar-refractivity contribution in [3.63, 3.8) is 0 Å². The molecule has 0 bridgehead atoms. The molecule has 3 atom stereocenters. The first kappa shape index (κ1) is 23.6. The van der Waals surface area contributed by atoms with Crippen LogP contribution in [0.4, 0.5) is 0 Å². The van der Waals surface area contributed by atoms with Crippen LogP contribution in [0, 0.1) is 0 Å². The van der Waals surface area contributed by atoms with Crippen molar-refractivity contribution < 1.29 is 34.2 Å². The lowest BCUT2D eigenvalue weighted by molar-refractivity contribution is -0.142. The third kappa shape index (κ3) is 8.39. The molecule has 0 saturated heterocycles. The van der Waals surface area contributed by atoms with Crippen LogP contribution in [0.3, 0.4) is 0 Å². The molecule has 0 heterocycles. The van der Waals surface area contributed by atoms with E-state index in [1.807, 2.05) is 0 Å². The molecule has 0 aliphatic carbocycles. The highest BCUT2D eigenvalue weighted by Crippen LogP contribution is 2.05. The quantitative estimate of drug-likeness (QED) is 0.248. The van der Waals surface area contributed by atoms with Crippen molar-refractivity contribution >= 4 is 29.7 Å². The summed E-state index contributed by atoms with van der Waals surface area (Å²) in [5.74, 6) is -5.02. The lowest BCUT2D eigenvalue weighted by atomic mass is 10.0. The van der Waals surface area contributed by atoms with Gasteiger partial charge in [0, 0.05) is 6.42 Å². The van der Waals surface area contributed by atoms with Gasteiger partial charge in [0.1, 0.15) is 18.1 Å². The van der Waals surface area contributed by atoms with Crippen LogP contribution in [0.2, 0.25) is 0 Å². The molecule has 3 unspecified atom stereocenters. The molecule has 1 aromatic carbocycles. The summed E-state index contributed by atoms with van der Waals surface area (Å²) in [7, 11) is 0. The van der Waals surface area contributed by atoms with Crippen LogP contribution in [0.15, 0.2) is 30.3 Å². The van der Waals surface area contributed by atoms with Crippen LogP contribution in [0.5, 0.6) is 0 Å². The molecule has 0 saturated carbocycles. The number of carboxylic acid groups (broad SMARTS) is 2. The number of carboxylic acids is 2. The van der Waals surface area contributed by atoms with E-state index >= 15 is 0 Å². The average molecular weight is 408 g/mol. The van der Waals surface area contributed by atoms with E-state index < -0.39 is 60.8 Å². The third-order valence-electron chi connectivity index (χ3n) is 3.86. The molecule has 1 aromatic rings. The molecule has 0 aliphatic rings. The minimum atomic E-state index is -1.45. The van der Waals surface area contributed by atoms with Crippen molar-refractivity contribution in [3.8, 4) is 0 Å². The highest BCUT2D eigenvalue weighted by Gasteiger charge is 2.29. The van der Waals surface area contributed by atoms with Crippen molar-refractivity contribution in [1.82, 2.24) is 16.0 Å². The van der Waals surface area contributed by atoms with E-state index in [1.165, 1.54) is 6.92 Å². The van der Waals surface area contributed by atoms with Crippen LogP contribution in [-0.2, 0) is 30.4 Å². The molecule has 11 nitrogen and oxygen atoms in total. The number of nitrogens with one attached hydrogen (secondary N) is 3. The summed E-state index contributed by atoms with van der Waals surface area (Å²) in [6.45, 7) is 0.809. The molecule has 158 valence electrons. The molecule has 11 heteroatoms.